The zero-order valence-corrected chi connectivity index (χ0v) is 8.35. The number of nitrogens with zero attached hydrogens (tertiary/aromatic N) is 1. The SMILES string of the molecule is CC(C)(C#CCCC#N)OS(=O)O. The van der Waals surface area contributed by atoms with Crippen LogP contribution in [0.5, 0.6) is 0 Å². The molecule has 0 spiro atoms. The zero-order chi connectivity index (χ0) is 10.3. The van der Waals surface area contributed by atoms with E-state index in [4.69, 9.17) is 9.81 Å². The van der Waals surface area contributed by atoms with Crippen LogP contribution in [0.15, 0.2) is 0 Å². The van der Waals surface area contributed by atoms with E-state index in [1.165, 1.54) is 0 Å². The van der Waals surface area contributed by atoms with Crippen LogP contribution in [0.2, 0.25) is 0 Å². The molecule has 1 atom stereocenters. The van der Waals surface area contributed by atoms with Crippen molar-refractivity contribution in [1.29, 1.82) is 5.26 Å². The molecule has 0 aliphatic heterocycles. The maximum absolute atomic E-state index is 10.3. The molecule has 72 valence electrons. The molecule has 0 saturated carbocycles. The van der Waals surface area contributed by atoms with Crippen molar-refractivity contribution in [1.82, 2.24) is 0 Å². The zero-order valence-electron chi connectivity index (χ0n) is 7.53. The number of nitriles is 1. The molecule has 0 aromatic carbocycles. The van der Waals surface area contributed by atoms with Crippen LogP contribution in [0, 0.1) is 23.2 Å². The van der Waals surface area contributed by atoms with Gasteiger partial charge in [0, 0.05) is 12.8 Å². The Morgan fingerprint density at radius 3 is 2.62 bits per heavy atom. The summed E-state index contributed by atoms with van der Waals surface area (Å²) < 4.78 is 23.3. The van der Waals surface area contributed by atoms with E-state index in [1.54, 1.807) is 13.8 Å². The smallest absolute Gasteiger partial charge is 0.284 e. The summed E-state index contributed by atoms with van der Waals surface area (Å²) in [7, 11) is 0. The normalized spacial score (nSPS) is 12.5. The van der Waals surface area contributed by atoms with Gasteiger partial charge in [-0.2, -0.15) is 9.47 Å². The highest BCUT2D eigenvalue weighted by Gasteiger charge is 2.17. The Morgan fingerprint density at radius 2 is 2.15 bits per heavy atom. The van der Waals surface area contributed by atoms with Crippen LogP contribution < -0.4 is 0 Å². The predicted octanol–water partition coefficient (Wildman–Crippen LogP) is 1.23. The minimum atomic E-state index is -2.31. The van der Waals surface area contributed by atoms with Gasteiger partial charge in [0.1, 0.15) is 5.60 Å². The van der Waals surface area contributed by atoms with Gasteiger partial charge in [0.25, 0.3) is 0 Å². The van der Waals surface area contributed by atoms with E-state index < -0.39 is 17.0 Å². The molecule has 0 aliphatic carbocycles. The lowest BCUT2D eigenvalue weighted by atomic mass is 10.1. The van der Waals surface area contributed by atoms with Gasteiger partial charge in [-0.1, -0.05) is 11.8 Å². The van der Waals surface area contributed by atoms with E-state index in [9.17, 15) is 4.21 Å². The first kappa shape index (κ1) is 12.1. The molecule has 5 heteroatoms. The van der Waals surface area contributed by atoms with E-state index >= 15 is 0 Å². The fraction of sp³-hybridized carbons (Fsp3) is 0.625. The Labute approximate surface area is 80.4 Å². The van der Waals surface area contributed by atoms with Crippen molar-refractivity contribution in [2.45, 2.75) is 32.3 Å². The molecule has 0 heterocycles. The highest BCUT2D eigenvalue weighted by atomic mass is 32.2. The predicted molar refractivity (Wildman–Crippen MR) is 48.6 cm³/mol. The number of unbranched alkanes of at least 4 members (excludes halogenated alkanes) is 1. The first-order valence-electron chi connectivity index (χ1n) is 3.65. The van der Waals surface area contributed by atoms with Crippen molar-refractivity contribution in [3.8, 4) is 17.9 Å². The van der Waals surface area contributed by atoms with Crippen molar-refractivity contribution in [2.24, 2.45) is 0 Å². The second kappa shape index (κ2) is 5.71. The summed E-state index contributed by atoms with van der Waals surface area (Å²) in [6.45, 7) is 3.17. The van der Waals surface area contributed by atoms with Crippen LogP contribution in [-0.4, -0.2) is 14.4 Å². The van der Waals surface area contributed by atoms with Gasteiger partial charge in [-0.05, 0) is 13.8 Å². The van der Waals surface area contributed by atoms with Gasteiger partial charge in [0.15, 0.2) is 0 Å². The van der Waals surface area contributed by atoms with Gasteiger partial charge in [0.2, 0.25) is 0 Å². The summed E-state index contributed by atoms with van der Waals surface area (Å²) in [6, 6.07) is 1.94. The fourth-order valence-corrected chi connectivity index (χ4v) is 0.991. The molecule has 0 aliphatic rings. The van der Waals surface area contributed by atoms with Crippen LogP contribution in [0.25, 0.3) is 0 Å². The molecule has 4 nitrogen and oxygen atoms in total. The average Bonchev–Trinajstić information content (AvgIpc) is 1.95. The summed E-state index contributed by atoms with van der Waals surface area (Å²) in [6.07, 6.45) is 0.798. The summed E-state index contributed by atoms with van der Waals surface area (Å²) >= 11 is -2.31. The Hall–Kier alpha value is -0.880. The van der Waals surface area contributed by atoms with Crippen molar-refractivity contribution in [3.63, 3.8) is 0 Å². The standard InChI is InChI=1S/C8H11NO3S/c1-8(2,12-13(10)11)6-4-3-5-7-9/h3,5H2,1-2H3,(H,10,11). The van der Waals surface area contributed by atoms with Gasteiger partial charge in [-0.15, -0.1) is 0 Å². The largest absolute Gasteiger partial charge is 0.303 e. The maximum Gasteiger partial charge on any atom is 0.303 e. The second-order valence-corrected chi connectivity index (χ2v) is 3.37. The van der Waals surface area contributed by atoms with E-state index in [0.717, 1.165) is 0 Å². The number of hydrogen-bond donors (Lipinski definition) is 1. The topological polar surface area (TPSA) is 70.3 Å². The van der Waals surface area contributed by atoms with Crippen molar-refractivity contribution >= 4 is 11.4 Å². The minimum Gasteiger partial charge on any atom is -0.284 e. The molecule has 13 heavy (non-hydrogen) atoms. The van der Waals surface area contributed by atoms with Gasteiger partial charge in [0.05, 0.1) is 6.07 Å². The van der Waals surface area contributed by atoms with Gasteiger partial charge < -0.3 is 0 Å². The fourth-order valence-electron chi connectivity index (χ4n) is 0.593. The highest BCUT2D eigenvalue weighted by molar-refractivity contribution is 7.74. The van der Waals surface area contributed by atoms with Crippen molar-refractivity contribution < 1.29 is 12.9 Å². The molecule has 0 bridgehead atoms. The van der Waals surface area contributed by atoms with Gasteiger partial charge in [-0.3, -0.25) is 4.55 Å². The van der Waals surface area contributed by atoms with Gasteiger partial charge >= 0.3 is 11.4 Å². The van der Waals surface area contributed by atoms with Crippen LogP contribution >= 0.6 is 0 Å². The lowest BCUT2D eigenvalue weighted by Gasteiger charge is -2.13. The van der Waals surface area contributed by atoms with Crippen molar-refractivity contribution in [2.75, 3.05) is 0 Å². The van der Waals surface area contributed by atoms with Crippen molar-refractivity contribution in [3.05, 3.63) is 0 Å². The third-order valence-corrected chi connectivity index (χ3v) is 1.59. The van der Waals surface area contributed by atoms with E-state index in [-0.39, 0.29) is 0 Å². The molecule has 1 unspecified atom stereocenters. The highest BCUT2D eigenvalue weighted by Crippen LogP contribution is 2.08. The minimum absolute atomic E-state index is 0.352. The maximum atomic E-state index is 10.3. The third kappa shape index (κ3) is 7.48. The van der Waals surface area contributed by atoms with E-state index in [0.29, 0.717) is 12.8 Å². The molecule has 0 aromatic rings. The molecule has 0 saturated heterocycles. The molecule has 1 N–H and O–H groups in total. The Morgan fingerprint density at radius 1 is 1.54 bits per heavy atom. The average molecular weight is 201 g/mol. The lowest BCUT2D eigenvalue weighted by molar-refractivity contribution is 0.176. The van der Waals surface area contributed by atoms with Crippen LogP contribution in [0.4, 0.5) is 0 Å². The third-order valence-electron chi connectivity index (χ3n) is 1.03. The quantitative estimate of drug-likeness (QED) is 0.423. The molecule has 0 aromatic heterocycles. The number of rotatable bonds is 3. The Kier molecular flexibility index (Phi) is 5.33. The van der Waals surface area contributed by atoms with Gasteiger partial charge in [-0.25, -0.2) is 4.18 Å². The summed E-state index contributed by atoms with van der Waals surface area (Å²) in [5.41, 5.74) is -0.949. The van der Waals surface area contributed by atoms with E-state index in [2.05, 4.69) is 16.0 Å². The Bertz CT molecular complexity index is 282. The second-order valence-electron chi connectivity index (χ2n) is 2.77. The van der Waals surface area contributed by atoms with Crippen LogP contribution in [-0.2, 0) is 15.5 Å². The molecule has 0 rings (SSSR count). The molecule has 0 fully saturated rings. The lowest BCUT2D eigenvalue weighted by Crippen LogP contribution is -2.22. The molecular weight excluding hydrogens is 190 g/mol. The van der Waals surface area contributed by atoms with Crippen LogP contribution in [0.1, 0.15) is 26.7 Å². The molecule has 0 amide bonds. The van der Waals surface area contributed by atoms with Crippen LogP contribution in [0.3, 0.4) is 0 Å². The first-order chi connectivity index (χ1) is 5.98. The Balaban J connectivity index is 4.05. The summed E-state index contributed by atoms with van der Waals surface area (Å²) in [5.74, 6) is 5.34. The molecular formula is C8H11NO3S. The first-order valence-corrected chi connectivity index (χ1v) is 4.68. The monoisotopic (exact) mass is 201 g/mol. The number of hydrogen-bond acceptors (Lipinski definition) is 3. The summed E-state index contributed by atoms with van der Waals surface area (Å²) in [5, 5.41) is 8.20. The van der Waals surface area contributed by atoms with E-state index in [1.807, 2.05) is 6.07 Å². The summed E-state index contributed by atoms with van der Waals surface area (Å²) in [4.78, 5) is 0. The molecule has 0 radical (unpaired) electrons.